The van der Waals surface area contributed by atoms with Gasteiger partial charge in [0, 0.05) is 17.1 Å². The molecule has 9 heteroatoms. The SMILES string of the molecule is O=C(Cc1csc(-c2ccc(C(F)(F)F)cc2)n1)Nc1ccc(Cl)cn1. The molecule has 0 bridgehead atoms. The number of anilines is 1. The molecule has 2 heterocycles. The summed E-state index contributed by atoms with van der Waals surface area (Å²) in [5.41, 5.74) is 0.373. The molecule has 1 aromatic carbocycles. The van der Waals surface area contributed by atoms with E-state index in [4.69, 9.17) is 11.6 Å². The standard InChI is InChI=1S/C17H11ClF3N3OS/c18-12-5-6-14(22-8-12)24-15(25)7-13-9-26-16(23-13)10-1-3-11(4-2-10)17(19,20)21/h1-6,8-9H,7H2,(H,22,24,25). The van der Waals surface area contributed by atoms with Crippen LogP contribution in [-0.2, 0) is 17.4 Å². The molecule has 1 N–H and O–H groups in total. The van der Waals surface area contributed by atoms with Crippen LogP contribution in [0.15, 0.2) is 48.0 Å². The van der Waals surface area contributed by atoms with E-state index in [1.54, 1.807) is 17.5 Å². The Kier molecular flexibility index (Phi) is 5.24. The Labute approximate surface area is 155 Å². The number of aromatic nitrogens is 2. The fourth-order valence-corrected chi connectivity index (χ4v) is 3.06. The van der Waals surface area contributed by atoms with Crippen molar-refractivity contribution in [3.05, 3.63) is 64.3 Å². The largest absolute Gasteiger partial charge is 0.416 e. The Hall–Kier alpha value is -2.45. The van der Waals surface area contributed by atoms with E-state index in [-0.39, 0.29) is 12.3 Å². The molecule has 0 aliphatic heterocycles. The van der Waals surface area contributed by atoms with Gasteiger partial charge in [0.15, 0.2) is 0 Å². The lowest BCUT2D eigenvalue weighted by molar-refractivity contribution is -0.137. The molecule has 0 aliphatic carbocycles. The number of thiazole rings is 1. The smallest absolute Gasteiger partial charge is 0.310 e. The lowest BCUT2D eigenvalue weighted by Gasteiger charge is -2.06. The van der Waals surface area contributed by atoms with Crippen LogP contribution in [0.3, 0.4) is 0 Å². The maximum Gasteiger partial charge on any atom is 0.416 e. The number of alkyl halides is 3. The average molecular weight is 398 g/mol. The summed E-state index contributed by atoms with van der Waals surface area (Å²) in [5, 5.41) is 5.33. The minimum absolute atomic E-state index is 0.0292. The Balaban J connectivity index is 1.66. The maximum absolute atomic E-state index is 12.6. The van der Waals surface area contributed by atoms with Gasteiger partial charge in [-0.25, -0.2) is 9.97 Å². The molecule has 0 fully saturated rings. The Bertz CT molecular complexity index is 908. The highest BCUT2D eigenvalue weighted by Crippen LogP contribution is 2.31. The van der Waals surface area contributed by atoms with Crippen molar-refractivity contribution in [1.29, 1.82) is 0 Å². The molecule has 26 heavy (non-hydrogen) atoms. The van der Waals surface area contributed by atoms with Crippen LogP contribution in [0.5, 0.6) is 0 Å². The quantitative estimate of drug-likeness (QED) is 0.669. The number of rotatable bonds is 4. The van der Waals surface area contributed by atoms with Gasteiger partial charge in [0.05, 0.1) is 22.7 Å². The van der Waals surface area contributed by atoms with E-state index in [0.717, 1.165) is 12.1 Å². The second-order valence-electron chi connectivity index (χ2n) is 5.31. The first-order chi connectivity index (χ1) is 12.3. The van der Waals surface area contributed by atoms with Gasteiger partial charge in [-0.1, -0.05) is 23.7 Å². The number of halogens is 4. The summed E-state index contributed by atoms with van der Waals surface area (Å²) in [5.74, 6) is 0.0710. The van der Waals surface area contributed by atoms with E-state index in [1.165, 1.54) is 29.7 Å². The lowest BCUT2D eigenvalue weighted by Crippen LogP contribution is -2.15. The highest BCUT2D eigenvalue weighted by Gasteiger charge is 2.30. The minimum Gasteiger partial charge on any atom is -0.310 e. The first-order valence-corrected chi connectivity index (χ1v) is 8.60. The van der Waals surface area contributed by atoms with Crippen molar-refractivity contribution in [3.8, 4) is 10.6 Å². The number of amides is 1. The third-order valence-corrected chi connectivity index (χ3v) is 4.51. The molecule has 2 aromatic heterocycles. The van der Waals surface area contributed by atoms with E-state index in [0.29, 0.717) is 27.1 Å². The summed E-state index contributed by atoms with van der Waals surface area (Å²) in [6.45, 7) is 0. The van der Waals surface area contributed by atoms with Gasteiger partial charge in [-0.2, -0.15) is 13.2 Å². The van der Waals surface area contributed by atoms with Crippen LogP contribution < -0.4 is 5.32 Å². The fourth-order valence-electron chi connectivity index (χ4n) is 2.12. The lowest BCUT2D eigenvalue weighted by atomic mass is 10.1. The first-order valence-electron chi connectivity index (χ1n) is 7.35. The number of carbonyl (C=O) groups is 1. The van der Waals surface area contributed by atoms with Crippen LogP contribution >= 0.6 is 22.9 Å². The molecule has 0 saturated carbocycles. The van der Waals surface area contributed by atoms with Gasteiger partial charge in [-0.05, 0) is 24.3 Å². The normalized spacial score (nSPS) is 11.4. The van der Waals surface area contributed by atoms with Crippen molar-refractivity contribution >= 4 is 34.7 Å². The zero-order valence-corrected chi connectivity index (χ0v) is 14.6. The highest BCUT2D eigenvalue weighted by molar-refractivity contribution is 7.13. The monoisotopic (exact) mass is 397 g/mol. The summed E-state index contributed by atoms with van der Waals surface area (Å²) in [6, 6.07) is 7.93. The number of carbonyl (C=O) groups excluding carboxylic acids is 1. The molecule has 0 aliphatic rings. The number of nitrogens with zero attached hydrogens (tertiary/aromatic N) is 2. The average Bonchev–Trinajstić information content (AvgIpc) is 3.04. The van der Waals surface area contributed by atoms with Crippen LogP contribution in [0.4, 0.5) is 19.0 Å². The zero-order valence-electron chi connectivity index (χ0n) is 13.0. The molecule has 0 atom stereocenters. The number of hydrogen-bond donors (Lipinski definition) is 1. The predicted molar refractivity (Wildman–Crippen MR) is 94.1 cm³/mol. The fraction of sp³-hybridized carbons (Fsp3) is 0.118. The third kappa shape index (κ3) is 4.59. The van der Waals surface area contributed by atoms with Crippen molar-refractivity contribution in [2.45, 2.75) is 12.6 Å². The van der Waals surface area contributed by atoms with Gasteiger partial charge in [0.25, 0.3) is 0 Å². The number of benzene rings is 1. The number of nitrogens with one attached hydrogen (secondary N) is 1. The maximum atomic E-state index is 12.6. The topological polar surface area (TPSA) is 54.9 Å². The van der Waals surface area contributed by atoms with E-state index < -0.39 is 11.7 Å². The Morgan fingerprint density at radius 3 is 2.50 bits per heavy atom. The summed E-state index contributed by atoms with van der Waals surface area (Å²) in [7, 11) is 0. The predicted octanol–water partition coefficient (Wildman–Crippen LogP) is 5.06. The number of hydrogen-bond acceptors (Lipinski definition) is 4. The second kappa shape index (κ2) is 7.43. The van der Waals surface area contributed by atoms with Crippen molar-refractivity contribution < 1.29 is 18.0 Å². The summed E-state index contributed by atoms with van der Waals surface area (Å²) < 4.78 is 37.8. The minimum atomic E-state index is -4.37. The summed E-state index contributed by atoms with van der Waals surface area (Å²) in [6.07, 6.45) is -2.93. The van der Waals surface area contributed by atoms with Crippen molar-refractivity contribution in [3.63, 3.8) is 0 Å². The third-order valence-electron chi connectivity index (χ3n) is 3.35. The van der Waals surface area contributed by atoms with E-state index in [9.17, 15) is 18.0 Å². The molecule has 3 rings (SSSR count). The molecule has 0 radical (unpaired) electrons. The van der Waals surface area contributed by atoms with Gasteiger partial charge >= 0.3 is 6.18 Å². The highest BCUT2D eigenvalue weighted by atomic mass is 35.5. The van der Waals surface area contributed by atoms with Gasteiger partial charge < -0.3 is 5.32 Å². The molecular formula is C17H11ClF3N3OS. The van der Waals surface area contributed by atoms with Gasteiger partial charge in [0.2, 0.25) is 5.91 Å². The van der Waals surface area contributed by atoms with Crippen LogP contribution in [-0.4, -0.2) is 15.9 Å². The van der Waals surface area contributed by atoms with E-state index in [1.807, 2.05) is 0 Å². The zero-order chi connectivity index (χ0) is 18.7. The molecule has 4 nitrogen and oxygen atoms in total. The second-order valence-corrected chi connectivity index (χ2v) is 6.60. The van der Waals surface area contributed by atoms with Crippen LogP contribution in [0.2, 0.25) is 5.02 Å². The van der Waals surface area contributed by atoms with E-state index >= 15 is 0 Å². The van der Waals surface area contributed by atoms with E-state index in [2.05, 4.69) is 15.3 Å². The molecule has 0 spiro atoms. The summed E-state index contributed by atoms with van der Waals surface area (Å²) in [4.78, 5) is 20.3. The molecule has 0 saturated heterocycles. The van der Waals surface area contributed by atoms with Crippen LogP contribution in [0, 0.1) is 0 Å². The first kappa shape index (κ1) is 18.3. The number of pyridine rings is 1. The van der Waals surface area contributed by atoms with Crippen LogP contribution in [0.25, 0.3) is 10.6 Å². The molecular weight excluding hydrogens is 387 g/mol. The van der Waals surface area contributed by atoms with Crippen molar-refractivity contribution in [2.75, 3.05) is 5.32 Å². The van der Waals surface area contributed by atoms with Crippen molar-refractivity contribution in [1.82, 2.24) is 9.97 Å². The van der Waals surface area contributed by atoms with Gasteiger partial charge in [-0.15, -0.1) is 11.3 Å². The molecule has 0 unspecified atom stereocenters. The molecule has 1 amide bonds. The molecule has 134 valence electrons. The van der Waals surface area contributed by atoms with Crippen LogP contribution in [0.1, 0.15) is 11.3 Å². The Morgan fingerprint density at radius 2 is 1.88 bits per heavy atom. The van der Waals surface area contributed by atoms with Crippen molar-refractivity contribution in [2.24, 2.45) is 0 Å². The van der Waals surface area contributed by atoms with Gasteiger partial charge in [-0.3, -0.25) is 4.79 Å². The Morgan fingerprint density at radius 1 is 1.15 bits per heavy atom. The molecule has 3 aromatic rings. The van der Waals surface area contributed by atoms with Gasteiger partial charge in [0.1, 0.15) is 10.8 Å². The summed E-state index contributed by atoms with van der Waals surface area (Å²) >= 11 is 6.99.